The van der Waals surface area contributed by atoms with Crippen LogP contribution in [0.15, 0.2) is 0 Å². The van der Waals surface area contributed by atoms with Gasteiger partial charge >= 0.3 is 0 Å². The molecule has 1 atom stereocenters. The quantitative estimate of drug-likeness (QED) is 0.681. The highest BCUT2D eigenvalue weighted by Crippen LogP contribution is 2.36. The molecule has 0 bridgehead atoms. The van der Waals surface area contributed by atoms with Gasteiger partial charge in [-0.15, -0.1) is 23.5 Å². The van der Waals surface area contributed by atoms with E-state index in [9.17, 15) is 0 Å². The van der Waals surface area contributed by atoms with E-state index in [1.807, 2.05) is 0 Å². The first-order valence-corrected chi connectivity index (χ1v) is 6.85. The van der Waals surface area contributed by atoms with Gasteiger partial charge in [0.15, 0.2) is 0 Å². The molecular weight excluding hydrogens is 228 g/mol. The summed E-state index contributed by atoms with van der Waals surface area (Å²) in [5, 5.41) is 1.15. The number of thioether (sulfide) groups is 2. The van der Waals surface area contributed by atoms with Gasteiger partial charge in [0.25, 0.3) is 0 Å². The molecule has 10 heavy (non-hydrogen) atoms. The molecule has 0 aromatic heterocycles. The molecule has 0 aromatic carbocycles. The Hall–Kier alpha value is 1.18. The van der Waals surface area contributed by atoms with E-state index in [4.69, 9.17) is 0 Å². The van der Waals surface area contributed by atoms with Gasteiger partial charge in [-0.2, -0.15) is 0 Å². The third-order valence-corrected chi connectivity index (χ3v) is 6.03. The van der Waals surface area contributed by atoms with Gasteiger partial charge < -0.3 is 0 Å². The van der Waals surface area contributed by atoms with Crippen molar-refractivity contribution in [3.63, 3.8) is 0 Å². The SMILES string of the molecule is C[C@@H](CBr)C1SCCCS1. The summed E-state index contributed by atoms with van der Waals surface area (Å²) in [6, 6.07) is 0. The Morgan fingerprint density at radius 3 is 2.60 bits per heavy atom. The highest BCUT2D eigenvalue weighted by molar-refractivity contribution is 9.09. The Bertz CT molecular complexity index is 91.6. The summed E-state index contributed by atoms with van der Waals surface area (Å²) in [5.74, 6) is 3.57. The van der Waals surface area contributed by atoms with Crippen molar-refractivity contribution >= 4 is 39.5 Å². The number of hydrogen-bond acceptors (Lipinski definition) is 2. The first kappa shape index (κ1) is 9.27. The van der Waals surface area contributed by atoms with Crippen molar-refractivity contribution in [1.82, 2.24) is 0 Å². The Labute approximate surface area is 80.0 Å². The van der Waals surface area contributed by atoms with E-state index in [0.29, 0.717) is 0 Å². The summed E-state index contributed by atoms with van der Waals surface area (Å²) in [5.41, 5.74) is 0. The molecule has 0 N–H and O–H groups in total. The second-order valence-electron chi connectivity index (χ2n) is 2.60. The first-order valence-electron chi connectivity index (χ1n) is 3.63. The summed E-state index contributed by atoms with van der Waals surface area (Å²) in [4.78, 5) is 0. The second-order valence-corrected chi connectivity index (χ2v) is 6.04. The van der Waals surface area contributed by atoms with Crippen LogP contribution in [0.2, 0.25) is 0 Å². The fourth-order valence-electron chi connectivity index (χ4n) is 0.907. The van der Waals surface area contributed by atoms with Crippen LogP contribution in [0.1, 0.15) is 13.3 Å². The molecule has 1 heterocycles. The molecule has 3 heteroatoms. The van der Waals surface area contributed by atoms with E-state index in [-0.39, 0.29) is 0 Å². The van der Waals surface area contributed by atoms with Crippen molar-refractivity contribution in [3.8, 4) is 0 Å². The first-order chi connectivity index (χ1) is 4.84. The van der Waals surface area contributed by atoms with Crippen LogP contribution in [-0.2, 0) is 0 Å². The van der Waals surface area contributed by atoms with E-state index in [1.165, 1.54) is 17.9 Å². The minimum atomic E-state index is 0.829. The molecule has 0 unspecified atom stereocenters. The number of alkyl halides is 1. The zero-order valence-corrected chi connectivity index (χ0v) is 9.40. The molecule has 0 amide bonds. The van der Waals surface area contributed by atoms with Gasteiger partial charge in [0.05, 0.1) is 4.58 Å². The van der Waals surface area contributed by atoms with E-state index < -0.39 is 0 Å². The van der Waals surface area contributed by atoms with Crippen molar-refractivity contribution in [2.24, 2.45) is 5.92 Å². The average molecular weight is 241 g/mol. The summed E-state index contributed by atoms with van der Waals surface area (Å²) in [6.07, 6.45) is 1.40. The molecule has 1 rings (SSSR count). The van der Waals surface area contributed by atoms with Crippen molar-refractivity contribution in [2.75, 3.05) is 16.8 Å². The lowest BCUT2D eigenvalue weighted by atomic mass is 10.3. The topological polar surface area (TPSA) is 0 Å². The maximum Gasteiger partial charge on any atom is 0.0535 e. The third kappa shape index (κ3) is 2.67. The van der Waals surface area contributed by atoms with Crippen LogP contribution < -0.4 is 0 Å². The smallest absolute Gasteiger partial charge is 0.0535 e. The molecule has 1 fully saturated rings. The van der Waals surface area contributed by atoms with E-state index in [0.717, 1.165) is 15.8 Å². The van der Waals surface area contributed by atoms with Crippen LogP contribution in [-0.4, -0.2) is 21.4 Å². The molecule has 1 saturated heterocycles. The monoisotopic (exact) mass is 240 g/mol. The number of halogens is 1. The van der Waals surface area contributed by atoms with Crippen LogP contribution in [0.5, 0.6) is 0 Å². The predicted octanol–water partition coefficient (Wildman–Crippen LogP) is 3.21. The standard InChI is InChI=1S/C7H13BrS2/c1-6(5-8)7-9-3-2-4-10-7/h6-7H,2-5H2,1H3/t6-/m0/s1. The summed E-state index contributed by atoms with van der Waals surface area (Å²) >= 11 is 7.78. The molecule has 1 aliphatic heterocycles. The maximum atomic E-state index is 3.52. The van der Waals surface area contributed by atoms with Crippen molar-refractivity contribution in [1.29, 1.82) is 0 Å². The molecule has 1 aliphatic rings. The van der Waals surface area contributed by atoms with Gasteiger partial charge in [0.1, 0.15) is 0 Å². The predicted molar refractivity (Wildman–Crippen MR) is 56.3 cm³/mol. The van der Waals surface area contributed by atoms with E-state index in [1.54, 1.807) is 0 Å². The molecule has 0 radical (unpaired) electrons. The lowest BCUT2D eigenvalue weighted by Crippen LogP contribution is -2.16. The molecule has 0 nitrogen and oxygen atoms in total. The van der Waals surface area contributed by atoms with E-state index in [2.05, 4.69) is 46.4 Å². The Kier molecular flexibility index (Phi) is 4.58. The van der Waals surface area contributed by atoms with Crippen LogP contribution in [0, 0.1) is 5.92 Å². The highest BCUT2D eigenvalue weighted by Gasteiger charge is 2.19. The fraction of sp³-hybridized carbons (Fsp3) is 1.00. The minimum absolute atomic E-state index is 0.829. The van der Waals surface area contributed by atoms with Gasteiger partial charge in [0.2, 0.25) is 0 Å². The largest absolute Gasteiger partial charge is 0.147 e. The summed E-state index contributed by atoms with van der Waals surface area (Å²) in [6.45, 7) is 2.32. The van der Waals surface area contributed by atoms with E-state index >= 15 is 0 Å². The Morgan fingerprint density at radius 1 is 1.50 bits per heavy atom. The molecule has 0 aromatic rings. The maximum absolute atomic E-state index is 3.52. The minimum Gasteiger partial charge on any atom is -0.147 e. The molecular formula is C7H13BrS2. The van der Waals surface area contributed by atoms with Gasteiger partial charge in [-0.05, 0) is 23.8 Å². The van der Waals surface area contributed by atoms with Crippen molar-refractivity contribution in [2.45, 2.75) is 17.9 Å². The fourth-order valence-corrected chi connectivity index (χ4v) is 4.86. The van der Waals surface area contributed by atoms with Crippen LogP contribution in [0.4, 0.5) is 0 Å². The van der Waals surface area contributed by atoms with Gasteiger partial charge in [-0.3, -0.25) is 0 Å². The van der Waals surface area contributed by atoms with Crippen LogP contribution in [0.3, 0.4) is 0 Å². The number of rotatable bonds is 2. The van der Waals surface area contributed by atoms with Crippen LogP contribution >= 0.6 is 39.5 Å². The Balaban J connectivity index is 2.24. The van der Waals surface area contributed by atoms with Crippen LogP contribution in [0.25, 0.3) is 0 Å². The van der Waals surface area contributed by atoms with Crippen molar-refractivity contribution < 1.29 is 0 Å². The third-order valence-electron chi connectivity index (χ3n) is 1.56. The lowest BCUT2D eigenvalue weighted by Gasteiger charge is -2.25. The highest BCUT2D eigenvalue weighted by atomic mass is 79.9. The Morgan fingerprint density at radius 2 is 2.10 bits per heavy atom. The molecule has 60 valence electrons. The second kappa shape index (κ2) is 4.94. The van der Waals surface area contributed by atoms with Gasteiger partial charge in [0, 0.05) is 5.33 Å². The van der Waals surface area contributed by atoms with Gasteiger partial charge in [-0.25, -0.2) is 0 Å². The molecule has 0 spiro atoms. The lowest BCUT2D eigenvalue weighted by molar-refractivity contribution is 0.735. The molecule has 0 aliphatic carbocycles. The zero-order valence-electron chi connectivity index (χ0n) is 6.18. The normalized spacial score (nSPS) is 24.6. The summed E-state index contributed by atoms with van der Waals surface area (Å²) in [7, 11) is 0. The number of hydrogen-bond donors (Lipinski definition) is 0. The zero-order chi connectivity index (χ0) is 7.40. The van der Waals surface area contributed by atoms with Crippen molar-refractivity contribution in [3.05, 3.63) is 0 Å². The molecule has 0 saturated carbocycles. The average Bonchev–Trinajstić information content (AvgIpc) is 2.05. The summed E-state index contributed by atoms with van der Waals surface area (Å²) < 4.78 is 0.855. The van der Waals surface area contributed by atoms with Gasteiger partial charge in [-0.1, -0.05) is 22.9 Å².